The molecule has 4 heteroatoms. The lowest BCUT2D eigenvalue weighted by molar-refractivity contribution is -0.0667. The molecule has 0 radical (unpaired) electrons. The fraction of sp³-hybridized carbons (Fsp3) is 0.933. The summed E-state index contributed by atoms with van der Waals surface area (Å²) in [6.07, 6.45) is 4.12. The van der Waals surface area contributed by atoms with Crippen LogP contribution in [0.4, 0.5) is 0 Å². The summed E-state index contributed by atoms with van der Waals surface area (Å²) in [6, 6.07) is 0. The van der Waals surface area contributed by atoms with E-state index >= 15 is 0 Å². The topological polar surface area (TPSA) is 27.6 Å². The molecule has 112 valence electrons. The number of hydrogen-bond acceptors (Lipinski definition) is 1. The van der Waals surface area contributed by atoms with Gasteiger partial charge in [-0.05, 0) is 33.1 Å². The molecule has 1 aliphatic heterocycles. The van der Waals surface area contributed by atoms with Gasteiger partial charge in [0.1, 0.15) is 0 Å². The van der Waals surface area contributed by atoms with E-state index in [1.165, 1.54) is 19.3 Å². The molecule has 0 aromatic heterocycles. The first-order valence-corrected chi connectivity index (χ1v) is 7.44. The number of nitrogens with one attached hydrogen (secondary N) is 1. The molecule has 0 spiro atoms. The summed E-state index contributed by atoms with van der Waals surface area (Å²) < 4.78 is 0. The van der Waals surface area contributed by atoms with Gasteiger partial charge < -0.3 is 10.2 Å². The zero-order valence-electron chi connectivity index (χ0n) is 13.1. The maximum atomic E-state index is 4.81. The molecule has 0 bridgehead atoms. The van der Waals surface area contributed by atoms with Crippen molar-refractivity contribution in [1.82, 2.24) is 10.2 Å². The van der Waals surface area contributed by atoms with Gasteiger partial charge in [-0.2, -0.15) is 0 Å². The Hall–Kier alpha value is 0. The minimum Gasteiger partial charge on any atom is -0.356 e. The molecule has 3 nitrogen and oxygen atoms in total. The Morgan fingerprint density at radius 1 is 1.26 bits per heavy atom. The lowest BCUT2D eigenvalue weighted by Gasteiger charge is -2.62. The van der Waals surface area contributed by atoms with Crippen molar-refractivity contribution in [3.8, 4) is 0 Å². The molecule has 1 heterocycles. The largest absolute Gasteiger partial charge is 0.356 e. The van der Waals surface area contributed by atoms with Gasteiger partial charge in [-0.15, -0.1) is 24.0 Å². The molecule has 1 saturated carbocycles. The number of rotatable bonds is 4. The second kappa shape index (κ2) is 6.19. The molecule has 2 aliphatic rings. The zero-order valence-corrected chi connectivity index (χ0v) is 15.5. The lowest BCUT2D eigenvalue weighted by atomic mass is 9.65. The van der Waals surface area contributed by atoms with Crippen molar-refractivity contribution in [2.24, 2.45) is 16.3 Å². The van der Waals surface area contributed by atoms with Crippen LogP contribution in [0.2, 0.25) is 0 Å². The van der Waals surface area contributed by atoms with E-state index in [2.05, 4.69) is 44.8 Å². The van der Waals surface area contributed by atoms with Crippen LogP contribution in [0.3, 0.4) is 0 Å². The minimum atomic E-state index is 0. The molecule has 2 fully saturated rings. The smallest absolute Gasteiger partial charge is 0.194 e. The minimum absolute atomic E-state index is 0. The van der Waals surface area contributed by atoms with Crippen LogP contribution in [0.15, 0.2) is 4.99 Å². The van der Waals surface area contributed by atoms with Crippen molar-refractivity contribution < 1.29 is 0 Å². The van der Waals surface area contributed by atoms with E-state index in [4.69, 9.17) is 4.99 Å². The van der Waals surface area contributed by atoms with Gasteiger partial charge in [0, 0.05) is 30.6 Å². The first-order valence-electron chi connectivity index (χ1n) is 7.44. The molecule has 0 aromatic rings. The van der Waals surface area contributed by atoms with Crippen molar-refractivity contribution in [2.45, 2.75) is 59.4 Å². The van der Waals surface area contributed by atoms with Crippen LogP contribution in [-0.2, 0) is 0 Å². The number of likely N-dealkylation sites (tertiary alicyclic amines) is 1. The number of hydrogen-bond donors (Lipinski definition) is 1. The van der Waals surface area contributed by atoms with Gasteiger partial charge in [0.2, 0.25) is 0 Å². The Bertz CT molecular complexity index is 332. The highest BCUT2D eigenvalue weighted by molar-refractivity contribution is 14.0. The monoisotopic (exact) mass is 379 g/mol. The summed E-state index contributed by atoms with van der Waals surface area (Å²) in [7, 11) is 0. The van der Waals surface area contributed by atoms with Crippen molar-refractivity contribution in [2.75, 3.05) is 19.6 Å². The van der Waals surface area contributed by atoms with E-state index in [0.717, 1.165) is 31.5 Å². The van der Waals surface area contributed by atoms with Crippen LogP contribution < -0.4 is 5.32 Å². The van der Waals surface area contributed by atoms with Gasteiger partial charge >= 0.3 is 0 Å². The predicted octanol–water partition coefficient (Wildman–Crippen LogP) is 3.49. The third-order valence-electron chi connectivity index (χ3n) is 4.97. The molecule has 0 amide bonds. The number of nitrogens with zero attached hydrogens (tertiary/aromatic N) is 2. The quantitative estimate of drug-likeness (QED) is 0.460. The Morgan fingerprint density at radius 3 is 2.32 bits per heavy atom. The molecule has 0 aromatic carbocycles. The normalized spacial score (nSPS) is 24.5. The standard InChI is InChI=1S/C15H29N3.HI/c1-6-16-13(17-10-9-12-7-8-12)18-11-14(2,3)15(18,4)5;/h12H,6-11H2,1-5H3,(H,16,17);1H. The highest BCUT2D eigenvalue weighted by Crippen LogP contribution is 2.46. The van der Waals surface area contributed by atoms with Gasteiger partial charge in [0.25, 0.3) is 0 Å². The number of aliphatic imine (C=N–C) groups is 1. The van der Waals surface area contributed by atoms with E-state index < -0.39 is 0 Å². The molecule has 0 unspecified atom stereocenters. The number of guanidine groups is 1. The Morgan fingerprint density at radius 2 is 1.89 bits per heavy atom. The van der Waals surface area contributed by atoms with Crippen molar-refractivity contribution in [3.63, 3.8) is 0 Å². The number of halogens is 1. The maximum Gasteiger partial charge on any atom is 0.194 e. The molecular weight excluding hydrogens is 349 g/mol. The van der Waals surface area contributed by atoms with E-state index in [1.807, 2.05) is 0 Å². The van der Waals surface area contributed by atoms with Gasteiger partial charge in [0.15, 0.2) is 5.96 Å². The Balaban J connectivity index is 0.00000180. The Kier molecular flexibility index (Phi) is 5.55. The van der Waals surface area contributed by atoms with Crippen LogP contribution >= 0.6 is 24.0 Å². The lowest BCUT2D eigenvalue weighted by Crippen LogP contribution is -2.72. The van der Waals surface area contributed by atoms with Crippen LogP contribution in [-0.4, -0.2) is 36.0 Å². The molecule has 1 N–H and O–H groups in total. The second-order valence-electron chi connectivity index (χ2n) is 7.00. The molecule has 19 heavy (non-hydrogen) atoms. The van der Waals surface area contributed by atoms with Crippen LogP contribution in [0.1, 0.15) is 53.9 Å². The summed E-state index contributed by atoms with van der Waals surface area (Å²) in [5.74, 6) is 2.08. The first kappa shape index (κ1) is 17.1. The fourth-order valence-corrected chi connectivity index (χ4v) is 2.55. The van der Waals surface area contributed by atoms with Crippen LogP contribution in [0.25, 0.3) is 0 Å². The van der Waals surface area contributed by atoms with E-state index in [-0.39, 0.29) is 29.5 Å². The first-order chi connectivity index (χ1) is 8.38. The maximum absolute atomic E-state index is 4.81. The fourth-order valence-electron chi connectivity index (χ4n) is 2.55. The van der Waals surface area contributed by atoms with Gasteiger partial charge in [-0.3, -0.25) is 4.99 Å². The summed E-state index contributed by atoms with van der Waals surface area (Å²) in [6.45, 7) is 14.5. The van der Waals surface area contributed by atoms with Gasteiger partial charge in [-0.1, -0.05) is 26.7 Å². The SMILES string of the molecule is CCNC(=NCCC1CC1)N1CC(C)(C)C1(C)C.I. The summed E-state index contributed by atoms with van der Waals surface area (Å²) in [5, 5.41) is 3.45. The molecule has 1 aliphatic carbocycles. The third-order valence-corrected chi connectivity index (χ3v) is 4.97. The second-order valence-corrected chi connectivity index (χ2v) is 7.00. The predicted molar refractivity (Wildman–Crippen MR) is 93.3 cm³/mol. The van der Waals surface area contributed by atoms with E-state index in [9.17, 15) is 0 Å². The summed E-state index contributed by atoms with van der Waals surface area (Å²) in [4.78, 5) is 7.24. The molecule has 1 saturated heterocycles. The third kappa shape index (κ3) is 3.56. The van der Waals surface area contributed by atoms with Crippen molar-refractivity contribution in [1.29, 1.82) is 0 Å². The summed E-state index contributed by atoms with van der Waals surface area (Å²) in [5.41, 5.74) is 0.577. The van der Waals surface area contributed by atoms with Crippen LogP contribution in [0.5, 0.6) is 0 Å². The van der Waals surface area contributed by atoms with Gasteiger partial charge in [-0.25, -0.2) is 0 Å². The molecule has 2 rings (SSSR count). The van der Waals surface area contributed by atoms with E-state index in [0.29, 0.717) is 5.41 Å². The highest BCUT2D eigenvalue weighted by atomic mass is 127. The molecule has 0 atom stereocenters. The Labute approximate surface area is 135 Å². The van der Waals surface area contributed by atoms with Crippen molar-refractivity contribution >= 4 is 29.9 Å². The van der Waals surface area contributed by atoms with Gasteiger partial charge in [0.05, 0.1) is 0 Å². The van der Waals surface area contributed by atoms with Crippen LogP contribution in [0, 0.1) is 11.3 Å². The van der Waals surface area contributed by atoms with E-state index in [1.54, 1.807) is 0 Å². The van der Waals surface area contributed by atoms with Crippen molar-refractivity contribution in [3.05, 3.63) is 0 Å². The average molecular weight is 379 g/mol. The molecular formula is C15H30IN3. The zero-order chi connectivity index (χ0) is 13.4. The average Bonchev–Trinajstić information content (AvgIpc) is 3.09. The summed E-state index contributed by atoms with van der Waals surface area (Å²) >= 11 is 0. The highest BCUT2D eigenvalue weighted by Gasteiger charge is 2.53.